The van der Waals surface area contributed by atoms with E-state index in [0.29, 0.717) is 15.7 Å². The van der Waals surface area contributed by atoms with Crippen LogP contribution in [0.4, 0.5) is 18.9 Å². The Hall–Kier alpha value is -1.04. The number of halogens is 4. The lowest BCUT2D eigenvalue weighted by molar-refractivity contribution is -0.120. The van der Waals surface area contributed by atoms with Crippen molar-refractivity contribution in [3.63, 3.8) is 0 Å². The number of hydrogen-bond acceptors (Lipinski definition) is 2. The zero-order valence-electron chi connectivity index (χ0n) is 10.9. The highest BCUT2D eigenvalue weighted by molar-refractivity contribution is 9.10. The summed E-state index contributed by atoms with van der Waals surface area (Å²) in [6.07, 6.45) is -4.27. The molecule has 0 N–H and O–H groups in total. The molecule has 106 valence electrons. The highest BCUT2D eigenvalue weighted by Gasteiger charge is 2.32. The highest BCUT2D eigenvalue weighted by atomic mass is 79.9. The molecule has 0 aliphatic carbocycles. The smallest absolute Gasteiger partial charge is 0.359 e. The Balaban J connectivity index is 3.14. The fourth-order valence-electron chi connectivity index (χ4n) is 1.70. The van der Waals surface area contributed by atoms with Crippen molar-refractivity contribution in [1.82, 2.24) is 0 Å². The summed E-state index contributed by atoms with van der Waals surface area (Å²) >= 11 is 3.23. The number of nitrogens with zero attached hydrogens (tertiary/aromatic N) is 1. The van der Waals surface area contributed by atoms with E-state index in [2.05, 4.69) is 15.9 Å². The van der Waals surface area contributed by atoms with E-state index in [1.807, 2.05) is 0 Å². The second-order valence-corrected chi connectivity index (χ2v) is 5.41. The third-order valence-electron chi connectivity index (χ3n) is 2.64. The van der Waals surface area contributed by atoms with Gasteiger partial charge in [-0.1, -0.05) is 0 Å². The van der Waals surface area contributed by atoms with Gasteiger partial charge in [0.1, 0.15) is 6.54 Å². The molecule has 0 saturated carbocycles. The number of carbonyl (C=O) groups is 1. The number of anilines is 1. The number of carbonyl (C=O) groups excluding carboxylic acids is 1. The van der Waals surface area contributed by atoms with Crippen molar-refractivity contribution in [2.45, 2.75) is 33.0 Å². The summed E-state index contributed by atoms with van der Waals surface area (Å²) < 4.78 is 38.2. The molecule has 0 fully saturated rings. The largest absolute Gasteiger partial charge is 0.405 e. The van der Waals surface area contributed by atoms with Crippen molar-refractivity contribution >= 4 is 27.4 Å². The molecule has 0 atom stereocenters. The first kappa shape index (κ1) is 16.0. The third kappa shape index (κ3) is 4.53. The monoisotopic (exact) mass is 337 g/mol. The average molecular weight is 338 g/mol. The molecule has 1 aromatic rings. The number of benzene rings is 1. The molecule has 0 radical (unpaired) electrons. The molecular formula is C13H15BrF3NO. The van der Waals surface area contributed by atoms with Crippen LogP contribution in [0.2, 0.25) is 0 Å². The predicted molar refractivity (Wildman–Crippen MR) is 72.7 cm³/mol. The van der Waals surface area contributed by atoms with Crippen molar-refractivity contribution in [2.24, 2.45) is 0 Å². The Kier molecular flexibility index (Phi) is 5.01. The van der Waals surface area contributed by atoms with Crippen LogP contribution in [0.25, 0.3) is 0 Å². The van der Waals surface area contributed by atoms with Crippen LogP contribution in [0.5, 0.6) is 0 Å². The Morgan fingerprint density at radius 1 is 1.37 bits per heavy atom. The zero-order chi connectivity index (χ0) is 14.8. The normalized spacial score (nSPS) is 11.8. The highest BCUT2D eigenvalue weighted by Crippen LogP contribution is 2.31. The van der Waals surface area contributed by atoms with Crippen LogP contribution in [-0.4, -0.2) is 24.5 Å². The molecule has 6 heteroatoms. The SMILES string of the molecule is CC(=O)c1ccc(N(CC(F)(F)F)C(C)C)c(Br)c1. The molecule has 0 aliphatic rings. The second-order valence-electron chi connectivity index (χ2n) is 4.56. The van der Waals surface area contributed by atoms with Crippen molar-refractivity contribution in [2.75, 3.05) is 11.4 Å². The van der Waals surface area contributed by atoms with Crippen molar-refractivity contribution in [3.8, 4) is 0 Å². The first-order valence-corrected chi connectivity index (χ1v) is 6.55. The van der Waals surface area contributed by atoms with Gasteiger partial charge in [0.05, 0.1) is 5.69 Å². The molecule has 0 bridgehead atoms. The van der Waals surface area contributed by atoms with E-state index in [1.165, 1.54) is 24.0 Å². The fourth-order valence-corrected chi connectivity index (χ4v) is 2.30. The lowest BCUT2D eigenvalue weighted by atomic mass is 10.1. The first-order chi connectivity index (χ1) is 8.61. The summed E-state index contributed by atoms with van der Waals surface area (Å²) in [5.74, 6) is -0.126. The summed E-state index contributed by atoms with van der Waals surface area (Å²) in [5, 5.41) is 0. The number of hydrogen-bond donors (Lipinski definition) is 0. The molecule has 19 heavy (non-hydrogen) atoms. The van der Waals surface area contributed by atoms with Crippen molar-refractivity contribution in [3.05, 3.63) is 28.2 Å². The van der Waals surface area contributed by atoms with Gasteiger partial charge in [0.15, 0.2) is 5.78 Å². The third-order valence-corrected chi connectivity index (χ3v) is 3.27. The maximum absolute atomic E-state index is 12.6. The van der Waals surface area contributed by atoms with E-state index >= 15 is 0 Å². The topological polar surface area (TPSA) is 20.3 Å². The number of alkyl halides is 3. The van der Waals surface area contributed by atoms with Crippen LogP contribution >= 0.6 is 15.9 Å². The van der Waals surface area contributed by atoms with Gasteiger partial charge in [0, 0.05) is 16.1 Å². The minimum absolute atomic E-state index is 0.126. The zero-order valence-corrected chi connectivity index (χ0v) is 12.5. The van der Waals surface area contributed by atoms with Gasteiger partial charge in [-0.15, -0.1) is 0 Å². The minimum atomic E-state index is -4.27. The standard InChI is InChI=1S/C13H15BrF3NO/c1-8(2)18(7-13(15,16)17)12-5-4-10(9(3)19)6-11(12)14/h4-6,8H,7H2,1-3H3. The number of ketones is 1. The maximum Gasteiger partial charge on any atom is 0.405 e. The van der Waals surface area contributed by atoms with Crippen LogP contribution in [0, 0.1) is 0 Å². The second kappa shape index (κ2) is 5.94. The molecule has 0 saturated heterocycles. The van der Waals surface area contributed by atoms with Gasteiger partial charge >= 0.3 is 6.18 Å². The van der Waals surface area contributed by atoms with Gasteiger partial charge < -0.3 is 4.90 Å². The molecule has 0 amide bonds. The van der Waals surface area contributed by atoms with E-state index in [-0.39, 0.29) is 11.8 Å². The quantitative estimate of drug-likeness (QED) is 0.757. The minimum Gasteiger partial charge on any atom is -0.359 e. The average Bonchev–Trinajstić information content (AvgIpc) is 2.24. The fraction of sp³-hybridized carbons (Fsp3) is 0.462. The molecule has 1 aromatic carbocycles. The maximum atomic E-state index is 12.6. The van der Waals surface area contributed by atoms with Crippen LogP contribution in [0.1, 0.15) is 31.1 Å². The first-order valence-electron chi connectivity index (χ1n) is 5.75. The molecule has 0 spiro atoms. The van der Waals surface area contributed by atoms with Crippen molar-refractivity contribution in [1.29, 1.82) is 0 Å². The summed E-state index contributed by atoms with van der Waals surface area (Å²) in [6, 6.07) is 4.31. The van der Waals surface area contributed by atoms with E-state index in [9.17, 15) is 18.0 Å². The molecule has 2 nitrogen and oxygen atoms in total. The van der Waals surface area contributed by atoms with Gasteiger partial charge in [-0.05, 0) is 54.9 Å². The van der Waals surface area contributed by atoms with E-state index in [4.69, 9.17) is 0 Å². The van der Waals surface area contributed by atoms with E-state index in [1.54, 1.807) is 19.9 Å². The molecule has 0 aliphatic heterocycles. The lowest BCUT2D eigenvalue weighted by Crippen LogP contribution is -2.39. The Morgan fingerprint density at radius 3 is 2.32 bits per heavy atom. The van der Waals surface area contributed by atoms with Crippen LogP contribution in [-0.2, 0) is 0 Å². The number of Topliss-reactive ketones (excluding diaryl/α,β-unsaturated/α-hetero) is 1. The Bertz CT molecular complexity index is 471. The molecule has 0 unspecified atom stereocenters. The molecular weight excluding hydrogens is 323 g/mol. The Morgan fingerprint density at radius 2 is 1.95 bits per heavy atom. The van der Waals surface area contributed by atoms with Crippen LogP contribution in [0.15, 0.2) is 22.7 Å². The van der Waals surface area contributed by atoms with Gasteiger partial charge in [-0.3, -0.25) is 4.79 Å². The summed E-state index contributed by atoms with van der Waals surface area (Å²) in [6.45, 7) is 3.77. The van der Waals surface area contributed by atoms with Crippen LogP contribution < -0.4 is 4.90 Å². The molecule has 1 rings (SSSR count). The van der Waals surface area contributed by atoms with E-state index < -0.39 is 12.7 Å². The predicted octanol–water partition coefficient (Wildman–Crippen LogP) is 4.43. The van der Waals surface area contributed by atoms with Gasteiger partial charge in [0.2, 0.25) is 0 Å². The van der Waals surface area contributed by atoms with Gasteiger partial charge in [0.25, 0.3) is 0 Å². The van der Waals surface area contributed by atoms with Gasteiger partial charge in [-0.25, -0.2) is 0 Å². The summed E-state index contributed by atoms with van der Waals surface area (Å²) in [4.78, 5) is 12.5. The van der Waals surface area contributed by atoms with Crippen molar-refractivity contribution < 1.29 is 18.0 Å². The van der Waals surface area contributed by atoms with E-state index in [0.717, 1.165) is 0 Å². The summed E-state index contributed by atoms with van der Waals surface area (Å²) in [5.41, 5.74) is 0.892. The summed E-state index contributed by atoms with van der Waals surface area (Å²) in [7, 11) is 0. The lowest BCUT2D eigenvalue weighted by Gasteiger charge is -2.30. The molecule has 0 aromatic heterocycles. The molecule has 0 heterocycles. The van der Waals surface area contributed by atoms with Crippen LogP contribution in [0.3, 0.4) is 0 Å². The van der Waals surface area contributed by atoms with Gasteiger partial charge in [-0.2, -0.15) is 13.2 Å². The Labute approximate surface area is 118 Å². The number of rotatable bonds is 4.